The summed E-state index contributed by atoms with van der Waals surface area (Å²) in [6, 6.07) is 24.8. The quantitative estimate of drug-likeness (QED) is 0.271. The molecule has 2 aromatic heterocycles. The Bertz CT molecular complexity index is 1210. The van der Waals surface area contributed by atoms with Crippen molar-refractivity contribution in [3.63, 3.8) is 0 Å². The first-order chi connectivity index (χ1) is 15.7. The molecule has 0 N–H and O–H groups in total. The number of fused-ring (bicyclic) bond motifs is 1. The number of ether oxygens (including phenoxy) is 2. The molecule has 5 heteroatoms. The Morgan fingerprint density at radius 2 is 1.62 bits per heavy atom. The highest BCUT2D eigenvalue weighted by molar-refractivity contribution is 6.09. The highest BCUT2D eigenvalue weighted by Crippen LogP contribution is 2.28. The van der Waals surface area contributed by atoms with Crippen LogP contribution in [0, 0.1) is 0 Å². The van der Waals surface area contributed by atoms with E-state index in [4.69, 9.17) is 9.47 Å². The second kappa shape index (κ2) is 9.96. The maximum Gasteiger partial charge on any atom is 0.306 e. The zero-order valence-corrected chi connectivity index (χ0v) is 18.0. The summed E-state index contributed by atoms with van der Waals surface area (Å²) in [5, 5.41) is 0. The lowest BCUT2D eigenvalue weighted by molar-refractivity contribution is -0.143. The lowest BCUT2D eigenvalue weighted by Crippen LogP contribution is -2.10. The predicted octanol–water partition coefficient (Wildman–Crippen LogP) is 5.25. The molecule has 0 saturated heterocycles. The van der Waals surface area contributed by atoms with Gasteiger partial charge in [-0.3, -0.25) is 9.59 Å². The Labute approximate surface area is 187 Å². The molecule has 0 saturated carbocycles. The van der Waals surface area contributed by atoms with Crippen LogP contribution in [0.25, 0.3) is 5.52 Å². The van der Waals surface area contributed by atoms with E-state index in [0.717, 1.165) is 16.6 Å². The molecule has 0 atom stereocenters. The Morgan fingerprint density at radius 1 is 0.906 bits per heavy atom. The number of aromatic nitrogens is 1. The highest BCUT2D eigenvalue weighted by Gasteiger charge is 2.21. The van der Waals surface area contributed by atoms with Crippen LogP contribution >= 0.6 is 0 Å². The third-order valence-corrected chi connectivity index (χ3v) is 5.24. The van der Waals surface area contributed by atoms with Crippen molar-refractivity contribution in [2.75, 3.05) is 6.61 Å². The normalized spacial score (nSPS) is 10.8. The monoisotopic (exact) mass is 427 g/mol. The maximum absolute atomic E-state index is 13.4. The van der Waals surface area contributed by atoms with Crippen molar-refractivity contribution in [1.29, 1.82) is 0 Å². The van der Waals surface area contributed by atoms with E-state index >= 15 is 0 Å². The number of ketones is 1. The minimum Gasteiger partial charge on any atom is -0.487 e. The first-order valence-electron chi connectivity index (χ1n) is 10.7. The number of esters is 1. The predicted molar refractivity (Wildman–Crippen MR) is 123 cm³/mol. The largest absolute Gasteiger partial charge is 0.487 e. The minimum atomic E-state index is -0.276. The molecular formula is C27H25NO4. The molecule has 0 aliphatic carbocycles. The molecule has 162 valence electrons. The highest BCUT2D eigenvalue weighted by atomic mass is 16.5. The van der Waals surface area contributed by atoms with Gasteiger partial charge in [-0.2, -0.15) is 0 Å². The van der Waals surface area contributed by atoms with Crippen LogP contribution in [0.15, 0.2) is 85.1 Å². The molecule has 4 aromatic rings. The third-order valence-electron chi connectivity index (χ3n) is 5.24. The summed E-state index contributed by atoms with van der Waals surface area (Å²) < 4.78 is 13.0. The van der Waals surface area contributed by atoms with Gasteiger partial charge in [0.1, 0.15) is 12.4 Å². The smallest absolute Gasteiger partial charge is 0.306 e. The third kappa shape index (κ3) is 4.72. The lowest BCUT2D eigenvalue weighted by atomic mass is 10.0. The summed E-state index contributed by atoms with van der Waals surface area (Å²) in [5.74, 6) is 0.312. The van der Waals surface area contributed by atoms with Gasteiger partial charge in [0, 0.05) is 18.2 Å². The van der Waals surface area contributed by atoms with E-state index in [1.807, 2.05) is 77.3 Å². The number of pyridine rings is 1. The second-order valence-electron chi connectivity index (χ2n) is 7.42. The Morgan fingerprint density at radius 3 is 2.34 bits per heavy atom. The molecule has 0 unspecified atom stereocenters. The van der Waals surface area contributed by atoms with Gasteiger partial charge in [-0.1, -0.05) is 60.7 Å². The Balaban J connectivity index is 1.72. The molecule has 0 spiro atoms. The molecule has 0 radical (unpaired) electrons. The summed E-state index contributed by atoms with van der Waals surface area (Å²) in [6.45, 7) is 2.54. The van der Waals surface area contributed by atoms with Gasteiger partial charge in [-0.15, -0.1) is 0 Å². The fourth-order valence-electron chi connectivity index (χ4n) is 3.72. The Hall–Kier alpha value is -3.86. The number of rotatable bonds is 9. The molecule has 0 aliphatic rings. The summed E-state index contributed by atoms with van der Waals surface area (Å²) in [4.78, 5) is 25.4. The van der Waals surface area contributed by atoms with Crippen LogP contribution in [0.3, 0.4) is 0 Å². The standard InChI is InChI=1S/C27H25NO4/c1-2-31-25(29)16-15-22-18-23-24(32-19-20-10-5-3-6-11-20)14-9-17-28(23)26(22)27(30)21-12-7-4-8-13-21/h3-14,17-18H,2,15-16,19H2,1H3. The number of hydrogen-bond donors (Lipinski definition) is 0. The van der Waals surface area contributed by atoms with Gasteiger partial charge >= 0.3 is 5.97 Å². The first-order valence-corrected chi connectivity index (χ1v) is 10.7. The molecule has 2 heterocycles. The van der Waals surface area contributed by atoms with Crippen molar-refractivity contribution in [3.05, 3.63) is 107 Å². The van der Waals surface area contributed by atoms with E-state index in [1.165, 1.54) is 0 Å². The van der Waals surface area contributed by atoms with Crippen molar-refractivity contribution >= 4 is 17.3 Å². The van der Waals surface area contributed by atoms with E-state index in [0.29, 0.717) is 36.6 Å². The number of carbonyl (C=O) groups excluding carboxylic acids is 2. The van der Waals surface area contributed by atoms with Crippen molar-refractivity contribution < 1.29 is 19.1 Å². The molecule has 5 nitrogen and oxygen atoms in total. The SMILES string of the molecule is CCOC(=O)CCc1cc2c(OCc3ccccc3)cccn2c1C(=O)c1ccccc1. The van der Waals surface area contributed by atoms with Crippen molar-refractivity contribution in [1.82, 2.24) is 4.40 Å². The van der Waals surface area contributed by atoms with Gasteiger partial charge in [-0.05, 0) is 42.7 Å². The van der Waals surface area contributed by atoms with Crippen LogP contribution in [0.1, 0.15) is 40.5 Å². The van der Waals surface area contributed by atoms with Crippen LogP contribution in [-0.4, -0.2) is 22.8 Å². The topological polar surface area (TPSA) is 57.0 Å². The molecule has 0 fully saturated rings. The van der Waals surface area contributed by atoms with E-state index in [-0.39, 0.29) is 18.2 Å². The van der Waals surface area contributed by atoms with Crippen LogP contribution in [0.2, 0.25) is 0 Å². The lowest BCUT2D eigenvalue weighted by Gasteiger charge is -2.10. The van der Waals surface area contributed by atoms with Crippen LogP contribution in [-0.2, 0) is 22.6 Å². The fraction of sp³-hybridized carbons (Fsp3) is 0.185. The number of aryl methyl sites for hydroxylation is 1. The molecule has 0 aliphatic heterocycles. The van der Waals surface area contributed by atoms with E-state index < -0.39 is 0 Å². The molecule has 4 rings (SSSR count). The molecule has 0 amide bonds. The number of hydrogen-bond acceptors (Lipinski definition) is 4. The van der Waals surface area contributed by atoms with Gasteiger partial charge in [-0.25, -0.2) is 0 Å². The number of benzene rings is 2. The minimum absolute atomic E-state index is 0.0929. The second-order valence-corrected chi connectivity index (χ2v) is 7.42. The fourth-order valence-corrected chi connectivity index (χ4v) is 3.72. The van der Waals surface area contributed by atoms with E-state index in [9.17, 15) is 9.59 Å². The van der Waals surface area contributed by atoms with E-state index in [1.54, 1.807) is 19.1 Å². The average Bonchev–Trinajstić information content (AvgIpc) is 3.21. The van der Waals surface area contributed by atoms with Gasteiger partial charge in [0.2, 0.25) is 5.78 Å². The molecule has 32 heavy (non-hydrogen) atoms. The number of carbonyl (C=O) groups is 2. The van der Waals surface area contributed by atoms with Gasteiger partial charge in [0.25, 0.3) is 0 Å². The zero-order chi connectivity index (χ0) is 22.3. The maximum atomic E-state index is 13.4. The van der Waals surface area contributed by atoms with Crippen LogP contribution < -0.4 is 4.74 Å². The van der Waals surface area contributed by atoms with Gasteiger partial charge in [0.05, 0.1) is 17.8 Å². The summed E-state index contributed by atoms with van der Waals surface area (Å²) in [6.07, 6.45) is 2.47. The average molecular weight is 428 g/mol. The van der Waals surface area contributed by atoms with Crippen molar-refractivity contribution in [2.45, 2.75) is 26.4 Å². The number of nitrogens with zero attached hydrogens (tertiary/aromatic N) is 1. The Kier molecular flexibility index (Phi) is 6.66. The molecule has 0 bridgehead atoms. The zero-order valence-electron chi connectivity index (χ0n) is 18.0. The summed E-state index contributed by atoms with van der Waals surface area (Å²) in [7, 11) is 0. The van der Waals surface area contributed by atoms with Crippen molar-refractivity contribution in [3.8, 4) is 5.75 Å². The van der Waals surface area contributed by atoms with Gasteiger partial charge in [0.15, 0.2) is 0 Å². The van der Waals surface area contributed by atoms with Crippen LogP contribution in [0.4, 0.5) is 0 Å². The first kappa shape index (κ1) is 21.4. The summed E-state index contributed by atoms with van der Waals surface area (Å²) in [5.41, 5.74) is 3.79. The van der Waals surface area contributed by atoms with Crippen molar-refractivity contribution in [2.24, 2.45) is 0 Å². The molecule has 2 aromatic carbocycles. The summed E-state index contributed by atoms with van der Waals surface area (Å²) >= 11 is 0. The molecular weight excluding hydrogens is 402 g/mol. The van der Waals surface area contributed by atoms with E-state index in [2.05, 4.69) is 0 Å². The van der Waals surface area contributed by atoms with Gasteiger partial charge < -0.3 is 13.9 Å². The van der Waals surface area contributed by atoms with Crippen LogP contribution in [0.5, 0.6) is 5.75 Å².